The molecule has 36 heavy (non-hydrogen) atoms. The standard InChI is InChI=1S/2C12H11NO4S/c2*1-2-17-9-5-7(3-4-8(9)14)6-10-11(15)13-12(16)18-10/h2*3-6,14H,2H2,1H3,(H,13,15,16). The highest BCUT2D eigenvalue weighted by Crippen LogP contribution is 2.32. The lowest BCUT2D eigenvalue weighted by atomic mass is 10.2. The van der Waals surface area contributed by atoms with Gasteiger partial charge in [-0.25, -0.2) is 0 Å². The molecule has 10 nitrogen and oxygen atoms in total. The molecule has 2 aromatic carbocycles. The Morgan fingerprint density at radius 3 is 1.42 bits per heavy atom. The van der Waals surface area contributed by atoms with Crippen LogP contribution >= 0.6 is 23.5 Å². The Bertz CT molecular complexity index is 1180. The maximum absolute atomic E-state index is 11.4. The first-order valence-corrected chi connectivity index (χ1v) is 12.2. The number of rotatable bonds is 6. The lowest BCUT2D eigenvalue weighted by Gasteiger charge is -2.06. The molecule has 0 unspecified atom stereocenters. The van der Waals surface area contributed by atoms with Crippen LogP contribution in [0, 0.1) is 0 Å². The molecule has 4 rings (SSSR count). The number of aromatic hydroxyl groups is 2. The summed E-state index contributed by atoms with van der Waals surface area (Å²) in [6.45, 7) is 4.48. The van der Waals surface area contributed by atoms with Gasteiger partial charge < -0.3 is 19.7 Å². The highest BCUT2D eigenvalue weighted by molar-refractivity contribution is 8.18. The summed E-state index contributed by atoms with van der Waals surface area (Å²) in [5.41, 5.74) is 1.37. The average molecular weight is 531 g/mol. The van der Waals surface area contributed by atoms with E-state index in [1.54, 1.807) is 36.4 Å². The van der Waals surface area contributed by atoms with Crippen molar-refractivity contribution in [3.05, 3.63) is 57.3 Å². The quantitative estimate of drug-likeness (QED) is 0.399. The average Bonchev–Trinajstić information content (AvgIpc) is 3.32. The van der Waals surface area contributed by atoms with Crippen molar-refractivity contribution in [2.75, 3.05) is 13.2 Å². The van der Waals surface area contributed by atoms with E-state index in [0.29, 0.717) is 45.6 Å². The fraction of sp³-hybridized carbons (Fsp3) is 0.167. The largest absolute Gasteiger partial charge is 0.504 e. The van der Waals surface area contributed by atoms with Crippen LogP contribution in [0.1, 0.15) is 25.0 Å². The van der Waals surface area contributed by atoms with Gasteiger partial charge in [0.25, 0.3) is 22.3 Å². The van der Waals surface area contributed by atoms with Crippen molar-refractivity contribution >= 4 is 58.0 Å². The number of thioether (sulfide) groups is 2. The molecular formula is C24H22N2O8S2. The number of ether oxygens (including phenoxy) is 2. The second kappa shape index (κ2) is 12.2. The van der Waals surface area contributed by atoms with Crippen LogP contribution in [-0.4, -0.2) is 45.7 Å². The molecule has 2 aliphatic rings. The van der Waals surface area contributed by atoms with Gasteiger partial charge in [0.15, 0.2) is 23.0 Å². The smallest absolute Gasteiger partial charge is 0.290 e. The molecule has 4 N–H and O–H groups in total. The molecule has 0 radical (unpaired) electrons. The predicted octanol–water partition coefficient (Wildman–Crippen LogP) is 4.23. The normalized spacial score (nSPS) is 17.1. The minimum absolute atomic E-state index is 0.0404. The van der Waals surface area contributed by atoms with Crippen molar-refractivity contribution in [2.24, 2.45) is 0 Å². The molecule has 2 aliphatic heterocycles. The number of carbonyl (C=O) groups is 4. The molecule has 0 aliphatic carbocycles. The molecule has 2 fully saturated rings. The van der Waals surface area contributed by atoms with Crippen molar-refractivity contribution in [1.82, 2.24) is 10.6 Å². The third kappa shape index (κ3) is 7.06. The lowest BCUT2D eigenvalue weighted by Crippen LogP contribution is -2.17. The van der Waals surface area contributed by atoms with E-state index >= 15 is 0 Å². The van der Waals surface area contributed by atoms with Crippen LogP contribution in [0.4, 0.5) is 9.59 Å². The van der Waals surface area contributed by atoms with Gasteiger partial charge in [-0.2, -0.15) is 0 Å². The minimum Gasteiger partial charge on any atom is -0.504 e. The van der Waals surface area contributed by atoms with E-state index in [1.807, 2.05) is 13.8 Å². The Labute approximate surface area is 214 Å². The molecule has 0 saturated carbocycles. The molecule has 2 saturated heterocycles. The number of amides is 4. The first-order chi connectivity index (χ1) is 17.2. The van der Waals surface area contributed by atoms with Crippen LogP contribution in [0.25, 0.3) is 12.2 Å². The molecule has 2 heterocycles. The van der Waals surface area contributed by atoms with Gasteiger partial charge in [0.05, 0.1) is 23.0 Å². The summed E-state index contributed by atoms with van der Waals surface area (Å²) < 4.78 is 10.5. The Hall–Kier alpha value is -3.90. The van der Waals surface area contributed by atoms with E-state index in [4.69, 9.17) is 9.47 Å². The van der Waals surface area contributed by atoms with Gasteiger partial charge in [0, 0.05) is 0 Å². The summed E-state index contributed by atoms with van der Waals surface area (Å²) in [6.07, 6.45) is 3.15. The molecule has 4 amide bonds. The van der Waals surface area contributed by atoms with Crippen LogP contribution < -0.4 is 20.1 Å². The van der Waals surface area contributed by atoms with Gasteiger partial charge in [-0.15, -0.1) is 0 Å². The van der Waals surface area contributed by atoms with Crippen LogP contribution in [0.3, 0.4) is 0 Å². The van der Waals surface area contributed by atoms with Gasteiger partial charge in [-0.3, -0.25) is 29.8 Å². The maximum atomic E-state index is 11.4. The Morgan fingerprint density at radius 2 is 1.11 bits per heavy atom. The van der Waals surface area contributed by atoms with Crippen molar-refractivity contribution in [1.29, 1.82) is 0 Å². The highest BCUT2D eigenvalue weighted by Gasteiger charge is 2.25. The number of hydrogen-bond donors (Lipinski definition) is 4. The molecule has 0 spiro atoms. The highest BCUT2D eigenvalue weighted by atomic mass is 32.2. The van der Waals surface area contributed by atoms with Crippen LogP contribution in [0.5, 0.6) is 23.0 Å². The fourth-order valence-electron chi connectivity index (χ4n) is 2.93. The summed E-state index contributed by atoms with van der Waals surface area (Å²) in [4.78, 5) is 45.4. The summed E-state index contributed by atoms with van der Waals surface area (Å²) >= 11 is 1.70. The predicted molar refractivity (Wildman–Crippen MR) is 137 cm³/mol. The van der Waals surface area contributed by atoms with Gasteiger partial charge in [0.2, 0.25) is 0 Å². The van der Waals surface area contributed by atoms with Crippen LogP contribution in [-0.2, 0) is 9.59 Å². The van der Waals surface area contributed by atoms with Crippen molar-refractivity contribution < 1.29 is 38.9 Å². The number of phenols is 2. The van der Waals surface area contributed by atoms with Gasteiger partial charge in [-0.1, -0.05) is 12.1 Å². The first kappa shape index (κ1) is 26.7. The molecule has 0 bridgehead atoms. The minimum atomic E-state index is -0.406. The zero-order chi connectivity index (χ0) is 26.2. The number of hydrogen-bond acceptors (Lipinski definition) is 10. The van der Waals surface area contributed by atoms with Crippen LogP contribution in [0.2, 0.25) is 0 Å². The lowest BCUT2D eigenvalue weighted by molar-refractivity contribution is -0.116. The zero-order valence-corrected chi connectivity index (χ0v) is 20.8. The van der Waals surface area contributed by atoms with E-state index in [1.165, 1.54) is 12.1 Å². The third-order valence-corrected chi connectivity index (χ3v) is 6.07. The van der Waals surface area contributed by atoms with E-state index in [9.17, 15) is 29.4 Å². The van der Waals surface area contributed by atoms with Gasteiger partial charge in [-0.05, 0) is 84.9 Å². The van der Waals surface area contributed by atoms with E-state index in [2.05, 4.69) is 10.6 Å². The van der Waals surface area contributed by atoms with E-state index in [-0.39, 0.29) is 22.0 Å². The maximum Gasteiger partial charge on any atom is 0.290 e. The number of imide groups is 2. The Morgan fingerprint density at radius 1 is 0.722 bits per heavy atom. The fourth-order valence-corrected chi connectivity index (χ4v) is 4.29. The number of benzene rings is 2. The van der Waals surface area contributed by atoms with Crippen molar-refractivity contribution in [3.63, 3.8) is 0 Å². The number of phenolic OH excluding ortho intramolecular Hbond substituents is 2. The number of nitrogens with one attached hydrogen (secondary N) is 2. The van der Waals surface area contributed by atoms with Gasteiger partial charge >= 0.3 is 0 Å². The van der Waals surface area contributed by atoms with Crippen molar-refractivity contribution in [2.45, 2.75) is 13.8 Å². The second-order valence-electron chi connectivity index (χ2n) is 7.02. The summed E-state index contributed by atoms with van der Waals surface area (Å²) in [5, 5.41) is 22.7. The third-order valence-electron chi connectivity index (χ3n) is 4.45. The molecular weight excluding hydrogens is 508 g/mol. The molecule has 0 atom stereocenters. The summed E-state index contributed by atoms with van der Waals surface area (Å²) in [6, 6.07) is 9.47. The van der Waals surface area contributed by atoms with E-state index < -0.39 is 11.8 Å². The molecule has 12 heteroatoms. The number of carbonyl (C=O) groups excluding carboxylic acids is 4. The summed E-state index contributed by atoms with van der Waals surface area (Å²) in [7, 11) is 0. The molecule has 2 aromatic rings. The Balaban J connectivity index is 0.000000201. The van der Waals surface area contributed by atoms with Gasteiger partial charge in [0.1, 0.15) is 0 Å². The zero-order valence-electron chi connectivity index (χ0n) is 19.2. The first-order valence-electron chi connectivity index (χ1n) is 10.6. The Kier molecular flexibility index (Phi) is 9.03. The van der Waals surface area contributed by atoms with Crippen LogP contribution in [0.15, 0.2) is 46.2 Å². The molecule has 0 aromatic heterocycles. The summed E-state index contributed by atoms with van der Waals surface area (Å²) in [5.74, 6) is -0.0348. The molecule has 188 valence electrons. The second-order valence-corrected chi connectivity index (χ2v) is 9.05. The SMILES string of the molecule is CCOc1cc(C=C2SC(=O)NC2=O)ccc1O.CCOc1cc(C=C2SC(=O)NC2=O)ccc1O. The van der Waals surface area contributed by atoms with E-state index in [0.717, 1.165) is 23.5 Å². The topological polar surface area (TPSA) is 151 Å². The monoisotopic (exact) mass is 530 g/mol. The van der Waals surface area contributed by atoms with Crippen molar-refractivity contribution in [3.8, 4) is 23.0 Å².